The van der Waals surface area contributed by atoms with E-state index in [2.05, 4.69) is 4.98 Å². The number of aromatic hydroxyl groups is 1. The number of aldehydes is 1. The standard InChI is InChI=1S/C8H9NO3.C6H14N2O2/c1-5-8(12)7(4-11)6(3-10)2-9-5;7-4-2-1-3-5(8)6(9)10/h2,4,10,12H,3H2,1H3;5H,1-4,7-8H2,(H,9,10). The van der Waals surface area contributed by atoms with Gasteiger partial charge in [0.15, 0.2) is 6.29 Å². The first kappa shape index (κ1) is 20.0. The highest BCUT2D eigenvalue weighted by Gasteiger charge is 2.10. The van der Waals surface area contributed by atoms with E-state index in [0.29, 0.717) is 30.5 Å². The lowest BCUT2D eigenvalue weighted by molar-refractivity contribution is -0.138. The highest BCUT2D eigenvalue weighted by molar-refractivity contribution is 5.81. The van der Waals surface area contributed by atoms with E-state index in [-0.39, 0.29) is 17.9 Å². The largest absolute Gasteiger partial charge is 0.505 e. The highest BCUT2D eigenvalue weighted by Crippen LogP contribution is 2.21. The van der Waals surface area contributed by atoms with E-state index in [1.807, 2.05) is 0 Å². The molecule has 0 bridgehead atoms. The number of aliphatic hydroxyl groups is 1. The third kappa shape index (κ3) is 6.61. The lowest BCUT2D eigenvalue weighted by Gasteiger charge is -2.04. The van der Waals surface area contributed by atoms with Crippen molar-refractivity contribution in [1.82, 2.24) is 4.98 Å². The molecular formula is C14H23N3O5. The van der Waals surface area contributed by atoms with Crippen molar-refractivity contribution in [3.8, 4) is 5.75 Å². The Morgan fingerprint density at radius 2 is 2.09 bits per heavy atom. The molecule has 22 heavy (non-hydrogen) atoms. The van der Waals surface area contributed by atoms with Crippen LogP contribution in [0, 0.1) is 6.92 Å². The van der Waals surface area contributed by atoms with E-state index >= 15 is 0 Å². The van der Waals surface area contributed by atoms with E-state index in [1.54, 1.807) is 6.92 Å². The first-order valence-electron chi connectivity index (χ1n) is 6.80. The van der Waals surface area contributed by atoms with Crippen LogP contribution in [0.25, 0.3) is 0 Å². The van der Waals surface area contributed by atoms with Crippen molar-refractivity contribution in [3.63, 3.8) is 0 Å². The zero-order valence-corrected chi connectivity index (χ0v) is 12.5. The Bertz CT molecular complexity index is 494. The Morgan fingerprint density at radius 3 is 2.55 bits per heavy atom. The van der Waals surface area contributed by atoms with Gasteiger partial charge in [0.25, 0.3) is 0 Å². The van der Waals surface area contributed by atoms with Gasteiger partial charge in [-0.2, -0.15) is 0 Å². The summed E-state index contributed by atoms with van der Waals surface area (Å²) in [6, 6.07) is -0.716. The van der Waals surface area contributed by atoms with E-state index in [0.717, 1.165) is 12.8 Å². The molecule has 0 spiro atoms. The van der Waals surface area contributed by atoms with Crippen LogP contribution in [0.5, 0.6) is 5.75 Å². The zero-order valence-electron chi connectivity index (χ0n) is 12.5. The highest BCUT2D eigenvalue weighted by atomic mass is 16.4. The summed E-state index contributed by atoms with van der Waals surface area (Å²) < 4.78 is 0. The summed E-state index contributed by atoms with van der Waals surface area (Å²) in [4.78, 5) is 24.4. The van der Waals surface area contributed by atoms with Crippen LogP contribution in [-0.4, -0.2) is 45.1 Å². The number of aryl methyl sites for hydroxylation is 1. The number of nitrogens with two attached hydrogens (primary N) is 2. The maximum atomic E-state index is 10.5. The molecule has 1 rings (SSSR count). The second kappa shape index (κ2) is 10.7. The first-order chi connectivity index (χ1) is 10.4. The molecule has 8 heteroatoms. The molecule has 1 unspecified atom stereocenters. The molecule has 0 amide bonds. The quantitative estimate of drug-likeness (QED) is 0.345. The van der Waals surface area contributed by atoms with Crippen LogP contribution < -0.4 is 11.5 Å². The number of unbranched alkanes of at least 4 members (excludes halogenated alkanes) is 1. The number of hydrogen-bond donors (Lipinski definition) is 5. The van der Waals surface area contributed by atoms with Crippen molar-refractivity contribution >= 4 is 12.3 Å². The average Bonchev–Trinajstić information content (AvgIpc) is 2.50. The van der Waals surface area contributed by atoms with Gasteiger partial charge >= 0.3 is 5.97 Å². The SMILES string of the molecule is Cc1ncc(CO)c(C=O)c1O.NCCCCC(N)C(=O)O. The summed E-state index contributed by atoms with van der Waals surface area (Å²) in [6.07, 6.45) is 4.05. The maximum Gasteiger partial charge on any atom is 0.320 e. The summed E-state index contributed by atoms with van der Waals surface area (Å²) >= 11 is 0. The third-order valence-electron chi connectivity index (χ3n) is 2.93. The van der Waals surface area contributed by atoms with Gasteiger partial charge in [-0.1, -0.05) is 6.42 Å². The molecule has 1 heterocycles. The molecule has 0 aliphatic rings. The Hall–Kier alpha value is -2.03. The number of hydrogen-bond acceptors (Lipinski definition) is 7. The first-order valence-corrected chi connectivity index (χ1v) is 6.80. The third-order valence-corrected chi connectivity index (χ3v) is 2.93. The molecule has 0 radical (unpaired) electrons. The van der Waals surface area contributed by atoms with E-state index < -0.39 is 12.0 Å². The van der Waals surface area contributed by atoms with Gasteiger partial charge < -0.3 is 26.8 Å². The molecule has 1 aromatic rings. The molecule has 8 nitrogen and oxygen atoms in total. The summed E-state index contributed by atoms with van der Waals surface area (Å²) in [5, 5.41) is 26.4. The molecule has 0 aromatic carbocycles. The number of carboxylic acid groups (broad SMARTS) is 1. The number of rotatable bonds is 7. The Balaban J connectivity index is 0.000000409. The molecule has 0 fully saturated rings. The number of carbonyl (C=O) groups is 2. The van der Waals surface area contributed by atoms with Crippen LogP contribution in [0.1, 0.15) is 40.9 Å². The fourth-order valence-corrected chi connectivity index (χ4v) is 1.54. The van der Waals surface area contributed by atoms with Crippen molar-refractivity contribution < 1.29 is 24.9 Å². The second-order valence-electron chi connectivity index (χ2n) is 4.64. The monoisotopic (exact) mass is 313 g/mol. The van der Waals surface area contributed by atoms with Crippen LogP contribution in [0.15, 0.2) is 6.20 Å². The number of aliphatic carboxylic acids is 1. The molecule has 0 saturated carbocycles. The second-order valence-corrected chi connectivity index (χ2v) is 4.64. The fourth-order valence-electron chi connectivity index (χ4n) is 1.54. The molecule has 0 saturated heterocycles. The van der Waals surface area contributed by atoms with Crippen molar-refractivity contribution in [2.75, 3.05) is 6.54 Å². The van der Waals surface area contributed by atoms with Gasteiger partial charge in [-0.3, -0.25) is 14.6 Å². The predicted molar refractivity (Wildman–Crippen MR) is 80.5 cm³/mol. The number of pyridine rings is 1. The molecule has 0 aliphatic heterocycles. The van der Waals surface area contributed by atoms with Crippen molar-refractivity contribution in [2.24, 2.45) is 11.5 Å². The van der Waals surface area contributed by atoms with Gasteiger partial charge in [-0.25, -0.2) is 0 Å². The lowest BCUT2D eigenvalue weighted by atomic mass is 10.1. The number of aliphatic hydroxyl groups excluding tert-OH is 1. The minimum Gasteiger partial charge on any atom is -0.505 e. The van der Waals surface area contributed by atoms with Crippen molar-refractivity contribution in [1.29, 1.82) is 0 Å². The summed E-state index contributed by atoms with van der Waals surface area (Å²) in [5.74, 6) is -1.09. The summed E-state index contributed by atoms with van der Waals surface area (Å²) in [6.45, 7) is 1.89. The Labute approximate surface area is 128 Å². The summed E-state index contributed by atoms with van der Waals surface area (Å²) in [7, 11) is 0. The van der Waals surface area contributed by atoms with Gasteiger partial charge in [0.2, 0.25) is 0 Å². The van der Waals surface area contributed by atoms with Gasteiger partial charge in [0.05, 0.1) is 17.9 Å². The number of carbonyl (C=O) groups excluding carboxylic acids is 1. The summed E-state index contributed by atoms with van der Waals surface area (Å²) in [5.41, 5.74) is 11.3. The van der Waals surface area contributed by atoms with E-state index in [9.17, 15) is 14.7 Å². The van der Waals surface area contributed by atoms with Gasteiger partial charge in [0, 0.05) is 11.8 Å². The molecule has 0 aliphatic carbocycles. The predicted octanol–water partition coefficient (Wildman–Crippen LogP) is -0.0723. The van der Waals surface area contributed by atoms with E-state index in [1.165, 1.54) is 6.20 Å². The Kier molecular flexibility index (Phi) is 9.68. The van der Waals surface area contributed by atoms with Crippen LogP contribution >= 0.6 is 0 Å². The smallest absolute Gasteiger partial charge is 0.320 e. The minimum atomic E-state index is -0.933. The van der Waals surface area contributed by atoms with Crippen LogP contribution in [-0.2, 0) is 11.4 Å². The van der Waals surface area contributed by atoms with Crippen LogP contribution in [0.2, 0.25) is 0 Å². The molecular weight excluding hydrogens is 290 g/mol. The maximum absolute atomic E-state index is 10.5. The minimum absolute atomic E-state index is 0.116. The topological polar surface area (TPSA) is 160 Å². The van der Waals surface area contributed by atoms with E-state index in [4.69, 9.17) is 21.7 Å². The van der Waals surface area contributed by atoms with Crippen LogP contribution in [0.3, 0.4) is 0 Å². The van der Waals surface area contributed by atoms with Crippen LogP contribution in [0.4, 0.5) is 0 Å². The average molecular weight is 313 g/mol. The fraction of sp³-hybridized carbons (Fsp3) is 0.500. The van der Waals surface area contributed by atoms with Gasteiger partial charge in [-0.15, -0.1) is 0 Å². The molecule has 7 N–H and O–H groups in total. The molecule has 124 valence electrons. The molecule has 1 aromatic heterocycles. The zero-order chi connectivity index (χ0) is 17.1. The van der Waals surface area contributed by atoms with Crippen molar-refractivity contribution in [2.45, 2.75) is 38.8 Å². The van der Waals surface area contributed by atoms with Gasteiger partial charge in [0.1, 0.15) is 11.8 Å². The van der Waals surface area contributed by atoms with Gasteiger partial charge in [-0.05, 0) is 26.3 Å². The normalized spacial score (nSPS) is 11.3. The number of carboxylic acids is 1. The number of aromatic nitrogens is 1. The molecule has 1 atom stereocenters. The Morgan fingerprint density at radius 1 is 1.45 bits per heavy atom. The number of nitrogens with zero attached hydrogens (tertiary/aromatic N) is 1. The van der Waals surface area contributed by atoms with Crippen molar-refractivity contribution in [3.05, 3.63) is 23.0 Å². The lowest BCUT2D eigenvalue weighted by Crippen LogP contribution is -2.29.